The summed E-state index contributed by atoms with van der Waals surface area (Å²) in [5.74, 6) is 0.246. The standard InChI is InChI=1S/C10H14N6O2/c1-7(4-11)6-15(3)9-8(16(17)18)5-13-10(12-2)14-9/h5,7H,6H2,1-3H3,(H,12,13,14). The van der Waals surface area contributed by atoms with Gasteiger partial charge in [0.05, 0.1) is 16.9 Å². The highest BCUT2D eigenvalue weighted by atomic mass is 16.6. The minimum Gasteiger partial charge on any atom is -0.357 e. The lowest BCUT2D eigenvalue weighted by Gasteiger charge is -2.19. The third-order valence-corrected chi connectivity index (χ3v) is 2.30. The predicted molar refractivity (Wildman–Crippen MR) is 66.3 cm³/mol. The Hall–Kier alpha value is -2.43. The molecule has 0 saturated carbocycles. The van der Waals surface area contributed by atoms with Gasteiger partial charge in [0.25, 0.3) is 0 Å². The predicted octanol–water partition coefficient (Wildman–Crippen LogP) is 1.02. The monoisotopic (exact) mass is 250 g/mol. The zero-order valence-corrected chi connectivity index (χ0v) is 10.4. The summed E-state index contributed by atoms with van der Waals surface area (Å²) in [6.07, 6.45) is 1.15. The van der Waals surface area contributed by atoms with Crippen LogP contribution in [0.5, 0.6) is 0 Å². The SMILES string of the molecule is CNc1ncc([N+](=O)[O-])c(N(C)CC(C)C#N)n1. The molecule has 1 unspecified atom stereocenters. The highest BCUT2D eigenvalue weighted by molar-refractivity contribution is 5.58. The number of aromatic nitrogens is 2. The molecule has 0 spiro atoms. The second-order valence-corrected chi connectivity index (χ2v) is 3.82. The molecular weight excluding hydrogens is 236 g/mol. The van der Waals surface area contributed by atoms with Crippen LogP contribution in [0.25, 0.3) is 0 Å². The van der Waals surface area contributed by atoms with Crippen molar-refractivity contribution in [3.05, 3.63) is 16.3 Å². The lowest BCUT2D eigenvalue weighted by molar-refractivity contribution is -0.384. The van der Waals surface area contributed by atoms with Crippen molar-refractivity contribution in [1.29, 1.82) is 5.26 Å². The fourth-order valence-electron chi connectivity index (χ4n) is 1.43. The van der Waals surface area contributed by atoms with E-state index in [-0.39, 0.29) is 17.4 Å². The van der Waals surface area contributed by atoms with Crippen molar-refractivity contribution in [2.75, 3.05) is 30.9 Å². The second kappa shape index (κ2) is 5.77. The van der Waals surface area contributed by atoms with Gasteiger partial charge < -0.3 is 10.2 Å². The van der Waals surface area contributed by atoms with Crippen LogP contribution < -0.4 is 10.2 Å². The van der Waals surface area contributed by atoms with Crippen LogP contribution in [-0.4, -0.2) is 35.5 Å². The van der Waals surface area contributed by atoms with E-state index >= 15 is 0 Å². The van der Waals surface area contributed by atoms with Gasteiger partial charge in [0.15, 0.2) is 0 Å². The fourth-order valence-corrected chi connectivity index (χ4v) is 1.43. The van der Waals surface area contributed by atoms with Crippen molar-refractivity contribution in [3.8, 4) is 6.07 Å². The van der Waals surface area contributed by atoms with Crippen LogP contribution in [0.1, 0.15) is 6.92 Å². The topological polar surface area (TPSA) is 108 Å². The number of nitro groups is 1. The molecule has 8 nitrogen and oxygen atoms in total. The first-order valence-corrected chi connectivity index (χ1v) is 5.29. The van der Waals surface area contributed by atoms with Crippen LogP contribution in [-0.2, 0) is 0 Å². The zero-order valence-electron chi connectivity index (χ0n) is 10.4. The van der Waals surface area contributed by atoms with E-state index in [1.165, 1.54) is 0 Å². The van der Waals surface area contributed by atoms with Crippen molar-refractivity contribution >= 4 is 17.5 Å². The first-order valence-electron chi connectivity index (χ1n) is 5.29. The van der Waals surface area contributed by atoms with E-state index in [1.54, 1.807) is 25.9 Å². The highest BCUT2D eigenvalue weighted by Crippen LogP contribution is 2.25. The Morgan fingerprint density at radius 2 is 2.39 bits per heavy atom. The van der Waals surface area contributed by atoms with Crippen LogP contribution in [0, 0.1) is 27.4 Å². The zero-order chi connectivity index (χ0) is 13.7. The normalized spacial score (nSPS) is 11.4. The molecule has 1 rings (SSSR count). The molecule has 0 saturated heterocycles. The summed E-state index contributed by atoms with van der Waals surface area (Å²) in [5.41, 5.74) is -0.179. The molecule has 0 radical (unpaired) electrons. The van der Waals surface area contributed by atoms with E-state index in [9.17, 15) is 10.1 Å². The maximum absolute atomic E-state index is 10.9. The van der Waals surface area contributed by atoms with Gasteiger partial charge >= 0.3 is 5.69 Å². The van der Waals surface area contributed by atoms with Crippen LogP contribution in [0.3, 0.4) is 0 Å². The summed E-state index contributed by atoms with van der Waals surface area (Å²) in [7, 11) is 3.28. The maximum atomic E-state index is 10.9. The third-order valence-electron chi connectivity index (χ3n) is 2.30. The van der Waals surface area contributed by atoms with Gasteiger partial charge in [0.2, 0.25) is 11.8 Å². The average molecular weight is 250 g/mol. The minimum absolute atomic E-state index is 0.179. The molecule has 0 amide bonds. The van der Waals surface area contributed by atoms with Gasteiger partial charge in [-0.3, -0.25) is 10.1 Å². The molecule has 0 aromatic carbocycles. The van der Waals surface area contributed by atoms with Gasteiger partial charge in [-0.2, -0.15) is 10.2 Å². The molecular formula is C10H14N6O2. The molecule has 0 bridgehead atoms. The summed E-state index contributed by atoms with van der Waals surface area (Å²) in [6.45, 7) is 2.10. The van der Waals surface area contributed by atoms with Gasteiger partial charge in [0, 0.05) is 20.6 Å². The van der Waals surface area contributed by atoms with E-state index in [0.29, 0.717) is 12.5 Å². The summed E-state index contributed by atoms with van der Waals surface area (Å²) in [6, 6.07) is 2.07. The Kier molecular flexibility index (Phi) is 4.37. The Morgan fingerprint density at radius 1 is 1.72 bits per heavy atom. The van der Waals surface area contributed by atoms with Gasteiger partial charge in [-0.25, -0.2) is 4.98 Å². The number of anilines is 2. The van der Waals surface area contributed by atoms with Crippen LogP contribution in [0.2, 0.25) is 0 Å². The summed E-state index contributed by atoms with van der Waals surface area (Å²) >= 11 is 0. The molecule has 8 heteroatoms. The molecule has 1 N–H and O–H groups in total. The van der Waals surface area contributed by atoms with Crippen molar-refractivity contribution in [3.63, 3.8) is 0 Å². The van der Waals surface area contributed by atoms with Crippen LogP contribution >= 0.6 is 0 Å². The van der Waals surface area contributed by atoms with Crippen LogP contribution in [0.4, 0.5) is 17.5 Å². The third kappa shape index (κ3) is 3.04. The Bertz CT molecular complexity index is 484. The number of hydrogen-bond acceptors (Lipinski definition) is 7. The molecule has 1 aromatic heterocycles. The molecule has 0 aliphatic rings. The quantitative estimate of drug-likeness (QED) is 0.613. The molecule has 1 atom stereocenters. The Labute approximate surface area is 104 Å². The number of hydrogen-bond donors (Lipinski definition) is 1. The molecule has 18 heavy (non-hydrogen) atoms. The largest absolute Gasteiger partial charge is 0.357 e. The Morgan fingerprint density at radius 3 is 2.89 bits per heavy atom. The molecule has 0 aliphatic carbocycles. The van der Waals surface area contributed by atoms with E-state index in [0.717, 1.165) is 6.20 Å². The van der Waals surface area contributed by atoms with Gasteiger partial charge in [-0.15, -0.1) is 0 Å². The summed E-state index contributed by atoms with van der Waals surface area (Å²) in [5, 5.41) is 22.4. The number of nitrogens with zero attached hydrogens (tertiary/aromatic N) is 5. The molecule has 0 fully saturated rings. The number of nitrogens with one attached hydrogen (secondary N) is 1. The van der Waals surface area contributed by atoms with E-state index < -0.39 is 4.92 Å². The summed E-state index contributed by atoms with van der Waals surface area (Å²) < 4.78 is 0. The van der Waals surface area contributed by atoms with Gasteiger partial charge in [-0.1, -0.05) is 0 Å². The molecule has 1 heterocycles. The first kappa shape index (κ1) is 13.6. The lowest BCUT2D eigenvalue weighted by Crippen LogP contribution is -2.25. The smallest absolute Gasteiger partial charge is 0.329 e. The Balaban J connectivity index is 3.11. The average Bonchev–Trinajstić information content (AvgIpc) is 2.37. The summed E-state index contributed by atoms with van der Waals surface area (Å²) in [4.78, 5) is 19.8. The number of rotatable bonds is 5. The number of nitriles is 1. The molecule has 1 aromatic rings. The van der Waals surface area contributed by atoms with Crippen molar-refractivity contribution < 1.29 is 4.92 Å². The van der Waals surface area contributed by atoms with Gasteiger partial charge in [0.1, 0.15) is 6.20 Å². The second-order valence-electron chi connectivity index (χ2n) is 3.82. The first-order chi connectivity index (χ1) is 8.49. The molecule has 96 valence electrons. The van der Waals surface area contributed by atoms with Crippen LogP contribution in [0.15, 0.2) is 6.20 Å². The van der Waals surface area contributed by atoms with Crippen molar-refractivity contribution in [2.45, 2.75) is 6.92 Å². The maximum Gasteiger partial charge on any atom is 0.329 e. The molecule has 0 aliphatic heterocycles. The van der Waals surface area contributed by atoms with Crippen molar-refractivity contribution in [1.82, 2.24) is 9.97 Å². The van der Waals surface area contributed by atoms with E-state index in [1.807, 2.05) is 0 Å². The highest BCUT2D eigenvalue weighted by Gasteiger charge is 2.21. The fraction of sp³-hybridized carbons (Fsp3) is 0.500. The lowest BCUT2D eigenvalue weighted by atomic mass is 10.2. The van der Waals surface area contributed by atoms with Crippen molar-refractivity contribution in [2.24, 2.45) is 5.92 Å². The van der Waals surface area contributed by atoms with Gasteiger partial charge in [-0.05, 0) is 6.92 Å². The minimum atomic E-state index is -0.539. The van der Waals surface area contributed by atoms with E-state index in [4.69, 9.17) is 5.26 Å². The van der Waals surface area contributed by atoms with E-state index in [2.05, 4.69) is 21.4 Å².